The molecule has 2 unspecified atom stereocenters. The normalized spacial score (nSPS) is 19.8. The van der Waals surface area contributed by atoms with Crippen LogP contribution in [0.5, 0.6) is 5.75 Å². The van der Waals surface area contributed by atoms with Gasteiger partial charge in [0.05, 0.1) is 0 Å². The van der Waals surface area contributed by atoms with Gasteiger partial charge in [-0.3, -0.25) is 4.98 Å². The maximum atomic E-state index is 12.9. The Kier molecular flexibility index (Phi) is 10.5. The topological polar surface area (TPSA) is 91.3 Å². The Morgan fingerprint density at radius 2 is 1.77 bits per heavy atom. The van der Waals surface area contributed by atoms with E-state index < -0.39 is 15.8 Å². The first-order valence-electron chi connectivity index (χ1n) is 14.0. The van der Waals surface area contributed by atoms with E-state index in [9.17, 15) is 17.9 Å². The Morgan fingerprint density at radius 1 is 1.00 bits per heavy atom. The van der Waals surface area contributed by atoms with E-state index in [1.54, 1.807) is 0 Å². The molecule has 1 heterocycles. The number of benzene rings is 2. The van der Waals surface area contributed by atoms with Crippen LogP contribution in [0.1, 0.15) is 67.6 Å². The van der Waals surface area contributed by atoms with Gasteiger partial charge in [0.2, 0.25) is 10.0 Å². The fourth-order valence-electron chi connectivity index (χ4n) is 5.83. The van der Waals surface area contributed by atoms with Crippen LogP contribution in [0.3, 0.4) is 0 Å². The summed E-state index contributed by atoms with van der Waals surface area (Å²) in [6.07, 6.45) is 15.5. The van der Waals surface area contributed by atoms with Crippen molar-refractivity contribution in [2.75, 3.05) is 13.6 Å². The predicted molar refractivity (Wildman–Crippen MR) is 153 cm³/mol. The van der Waals surface area contributed by atoms with Gasteiger partial charge in [0.25, 0.3) is 0 Å². The third-order valence-corrected chi connectivity index (χ3v) is 9.40. The van der Waals surface area contributed by atoms with Crippen LogP contribution in [0.4, 0.5) is 4.39 Å². The summed E-state index contributed by atoms with van der Waals surface area (Å²) < 4.78 is 37.0. The quantitative estimate of drug-likeness (QED) is 0.326. The second-order valence-electron chi connectivity index (χ2n) is 10.6. The SMILES string of the molecule is CNS(=O)(=O)c1ccccc1F.Oc1ccc2c(c1)CCC(NCC1CCCCCC1)C2Cc1cccnc1. The molecule has 0 amide bonds. The first-order chi connectivity index (χ1) is 18.9. The molecule has 0 saturated heterocycles. The lowest BCUT2D eigenvalue weighted by atomic mass is 9.76. The van der Waals surface area contributed by atoms with E-state index in [0.717, 1.165) is 37.8 Å². The molecule has 210 valence electrons. The van der Waals surface area contributed by atoms with Crippen molar-refractivity contribution in [1.82, 2.24) is 15.0 Å². The van der Waals surface area contributed by atoms with Crippen LogP contribution in [0.25, 0.3) is 0 Å². The molecule has 2 aliphatic rings. The van der Waals surface area contributed by atoms with Crippen molar-refractivity contribution in [2.45, 2.75) is 74.6 Å². The van der Waals surface area contributed by atoms with Crippen LogP contribution >= 0.6 is 0 Å². The highest BCUT2D eigenvalue weighted by atomic mass is 32.2. The fourth-order valence-corrected chi connectivity index (χ4v) is 6.63. The summed E-state index contributed by atoms with van der Waals surface area (Å²) in [4.78, 5) is 3.99. The number of hydrogen-bond donors (Lipinski definition) is 3. The number of aryl methyl sites for hydroxylation is 1. The number of nitrogens with one attached hydrogen (secondary N) is 2. The molecular weight excluding hydrogens is 513 g/mol. The van der Waals surface area contributed by atoms with E-state index in [4.69, 9.17) is 0 Å². The molecule has 0 aliphatic heterocycles. The number of hydrogen-bond acceptors (Lipinski definition) is 5. The van der Waals surface area contributed by atoms with Gasteiger partial charge in [-0.15, -0.1) is 0 Å². The van der Waals surface area contributed by atoms with Gasteiger partial charge >= 0.3 is 0 Å². The largest absolute Gasteiger partial charge is 0.508 e. The minimum Gasteiger partial charge on any atom is -0.508 e. The summed E-state index contributed by atoms with van der Waals surface area (Å²) in [5, 5.41) is 13.9. The van der Waals surface area contributed by atoms with Crippen LogP contribution < -0.4 is 10.0 Å². The third-order valence-electron chi connectivity index (χ3n) is 7.95. The zero-order valence-electron chi connectivity index (χ0n) is 22.7. The molecule has 39 heavy (non-hydrogen) atoms. The van der Waals surface area contributed by atoms with Gasteiger partial charge in [0, 0.05) is 24.4 Å². The van der Waals surface area contributed by atoms with Gasteiger partial charge in [-0.25, -0.2) is 17.5 Å². The van der Waals surface area contributed by atoms with E-state index in [2.05, 4.69) is 22.4 Å². The molecule has 1 saturated carbocycles. The highest BCUT2D eigenvalue weighted by molar-refractivity contribution is 7.89. The third kappa shape index (κ3) is 8.10. The molecule has 3 N–H and O–H groups in total. The van der Waals surface area contributed by atoms with Crippen molar-refractivity contribution in [3.8, 4) is 5.75 Å². The van der Waals surface area contributed by atoms with Crippen LogP contribution in [-0.2, 0) is 22.9 Å². The van der Waals surface area contributed by atoms with Gasteiger partial charge in [0.15, 0.2) is 0 Å². The van der Waals surface area contributed by atoms with Crippen molar-refractivity contribution in [3.63, 3.8) is 0 Å². The van der Waals surface area contributed by atoms with E-state index in [1.807, 2.05) is 35.3 Å². The van der Waals surface area contributed by atoms with Crippen LogP contribution in [0.15, 0.2) is 71.9 Å². The Labute approximate surface area is 232 Å². The molecule has 6 nitrogen and oxygen atoms in total. The Bertz CT molecular complexity index is 1300. The second-order valence-corrected chi connectivity index (χ2v) is 12.5. The lowest BCUT2D eigenvalue weighted by Crippen LogP contribution is -2.41. The van der Waals surface area contributed by atoms with Gasteiger partial charge in [-0.2, -0.15) is 0 Å². The van der Waals surface area contributed by atoms with E-state index in [-0.39, 0.29) is 4.90 Å². The van der Waals surface area contributed by atoms with Gasteiger partial charge in [0.1, 0.15) is 16.5 Å². The van der Waals surface area contributed by atoms with Crippen LogP contribution in [0.2, 0.25) is 0 Å². The Morgan fingerprint density at radius 3 is 2.46 bits per heavy atom. The number of pyridine rings is 1. The van der Waals surface area contributed by atoms with Crippen molar-refractivity contribution in [2.24, 2.45) is 5.92 Å². The second kappa shape index (κ2) is 14.0. The first-order valence-corrected chi connectivity index (χ1v) is 15.5. The lowest BCUT2D eigenvalue weighted by Gasteiger charge is -2.35. The van der Waals surface area contributed by atoms with Gasteiger partial charge < -0.3 is 10.4 Å². The molecule has 0 radical (unpaired) electrons. The predicted octanol–water partition coefficient (Wildman–Crippen LogP) is 5.72. The zero-order valence-corrected chi connectivity index (χ0v) is 23.5. The van der Waals surface area contributed by atoms with Crippen LogP contribution in [0, 0.1) is 11.7 Å². The number of rotatable bonds is 7. The van der Waals surface area contributed by atoms with E-state index in [1.165, 1.54) is 80.5 Å². The molecule has 5 rings (SSSR count). The average Bonchev–Trinajstić information content (AvgIpc) is 3.22. The maximum absolute atomic E-state index is 12.9. The molecule has 2 aromatic carbocycles. The van der Waals surface area contributed by atoms with Crippen molar-refractivity contribution in [1.29, 1.82) is 0 Å². The Hall–Kier alpha value is -2.81. The minimum absolute atomic E-state index is 0.326. The van der Waals surface area contributed by atoms with Crippen molar-refractivity contribution < 1.29 is 17.9 Å². The lowest BCUT2D eigenvalue weighted by molar-refractivity contribution is 0.336. The molecule has 0 bridgehead atoms. The summed E-state index contributed by atoms with van der Waals surface area (Å²) in [6.45, 7) is 1.15. The standard InChI is InChI=1S/C24H32N2O.C7H8FNO2S/c27-21-10-11-22-20(15-21)9-12-24(23(22)14-19-8-5-13-25-16-19)26-17-18-6-3-1-2-4-7-18;1-9-12(10,11)7-5-3-2-4-6(7)8/h5,8,10-11,13,15-16,18,23-24,26-27H,1-4,6-7,9,12,14,17H2;2-5,9H,1H3. The van der Waals surface area contributed by atoms with Gasteiger partial charge in [-0.1, -0.05) is 49.9 Å². The molecule has 3 aromatic rings. The number of halogens is 1. The maximum Gasteiger partial charge on any atom is 0.243 e. The van der Waals surface area contributed by atoms with Crippen LogP contribution in [-0.4, -0.2) is 38.1 Å². The number of aromatic hydroxyl groups is 1. The molecule has 1 aromatic heterocycles. The fraction of sp³-hybridized carbons (Fsp3) is 0.452. The molecule has 1 fully saturated rings. The van der Waals surface area contributed by atoms with Crippen molar-refractivity contribution in [3.05, 3.63) is 89.5 Å². The average molecular weight is 554 g/mol. The highest BCUT2D eigenvalue weighted by Gasteiger charge is 2.30. The zero-order chi connectivity index (χ0) is 27.7. The van der Waals surface area contributed by atoms with Crippen molar-refractivity contribution >= 4 is 10.0 Å². The number of nitrogens with zero attached hydrogens (tertiary/aromatic N) is 1. The number of aromatic nitrogens is 1. The number of sulfonamides is 1. The molecule has 8 heteroatoms. The number of fused-ring (bicyclic) bond motifs is 1. The Balaban J connectivity index is 0.000000247. The summed E-state index contributed by atoms with van der Waals surface area (Å²) in [5.74, 6) is 0.933. The number of phenols is 1. The summed E-state index contributed by atoms with van der Waals surface area (Å²) >= 11 is 0. The van der Waals surface area contributed by atoms with E-state index in [0.29, 0.717) is 17.7 Å². The summed E-state index contributed by atoms with van der Waals surface area (Å²) in [7, 11) is -2.42. The molecule has 2 atom stereocenters. The smallest absolute Gasteiger partial charge is 0.243 e. The summed E-state index contributed by atoms with van der Waals surface area (Å²) in [6, 6.07) is 15.9. The molecule has 2 aliphatic carbocycles. The first kappa shape index (κ1) is 29.2. The highest BCUT2D eigenvalue weighted by Crippen LogP contribution is 2.36. The molecule has 0 spiro atoms. The monoisotopic (exact) mass is 553 g/mol. The summed E-state index contributed by atoms with van der Waals surface area (Å²) in [5.41, 5.74) is 4.02. The minimum atomic E-state index is -3.65. The van der Waals surface area contributed by atoms with Gasteiger partial charge in [-0.05, 0) is 98.6 Å². The molecular formula is C31H40FN3O3S. The number of phenolic OH excluding ortho intramolecular Hbond substituents is 1. The van der Waals surface area contributed by atoms with E-state index >= 15 is 0 Å².